The summed E-state index contributed by atoms with van der Waals surface area (Å²) in [6.45, 7) is 0. The van der Waals surface area contributed by atoms with Gasteiger partial charge >= 0.3 is 0 Å². The number of halogens is 2. The SMILES string of the molecule is Fc1ccc(-c2nn([C@H]3C[C@@H](F)C3)cc2-c2ncnc3oc(-c4ccccc4)cc23)cc1. The third kappa shape index (κ3) is 3.17. The summed E-state index contributed by atoms with van der Waals surface area (Å²) >= 11 is 0. The Hall–Kier alpha value is -3.87. The molecule has 0 N–H and O–H groups in total. The second-order valence-electron chi connectivity index (χ2n) is 8.02. The smallest absolute Gasteiger partial charge is 0.230 e. The maximum atomic E-state index is 13.5. The number of rotatable bonds is 4. The Morgan fingerprint density at radius 3 is 2.44 bits per heavy atom. The first-order chi connectivity index (χ1) is 15.7. The van der Waals surface area contributed by atoms with Crippen molar-refractivity contribution in [3.8, 4) is 33.8 Å². The first-order valence-corrected chi connectivity index (χ1v) is 10.5. The van der Waals surface area contributed by atoms with E-state index in [1.165, 1.54) is 18.5 Å². The summed E-state index contributed by atoms with van der Waals surface area (Å²) in [6, 6.07) is 17.9. The third-order valence-corrected chi connectivity index (χ3v) is 5.92. The number of nitrogens with zero attached hydrogens (tertiary/aromatic N) is 4. The lowest BCUT2D eigenvalue weighted by Gasteiger charge is -2.29. The molecular weight excluding hydrogens is 410 g/mol. The second-order valence-corrected chi connectivity index (χ2v) is 8.02. The second kappa shape index (κ2) is 7.37. The molecule has 0 aliphatic heterocycles. The van der Waals surface area contributed by atoms with Crippen LogP contribution >= 0.6 is 0 Å². The molecule has 3 aromatic heterocycles. The Balaban J connectivity index is 1.52. The zero-order valence-corrected chi connectivity index (χ0v) is 17.0. The predicted molar refractivity (Wildman–Crippen MR) is 117 cm³/mol. The van der Waals surface area contributed by atoms with E-state index in [1.54, 1.807) is 16.8 Å². The number of furan rings is 1. The number of hydrogen-bond donors (Lipinski definition) is 0. The fraction of sp³-hybridized carbons (Fsp3) is 0.160. The highest BCUT2D eigenvalue weighted by atomic mass is 19.1. The van der Waals surface area contributed by atoms with Crippen molar-refractivity contribution in [3.63, 3.8) is 0 Å². The van der Waals surface area contributed by atoms with Crippen LogP contribution in [0.5, 0.6) is 0 Å². The Bertz CT molecular complexity index is 1400. The van der Waals surface area contributed by atoms with Crippen molar-refractivity contribution < 1.29 is 13.2 Å². The van der Waals surface area contributed by atoms with Gasteiger partial charge in [-0.3, -0.25) is 4.68 Å². The van der Waals surface area contributed by atoms with Gasteiger partial charge in [-0.25, -0.2) is 18.7 Å². The molecule has 0 saturated heterocycles. The van der Waals surface area contributed by atoms with Gasteiger partial charge in [0.25, 0.3) is 0 Å². The first-order valence-electron chi connectivity index (χ1n) is 10.5. The maximum absolute atomic E-state index is 13.5. The van der Waals surface area contributed by atoms with Crippen LogP contribution in [-0.2, 0) is 0 Å². The van der Waals surface area contributed by atoms with Crippen molar-refractivity contribution in [3.05, 3.63) is 79.0 Å². The minimum atomic E-state index is -0.796. The largest absolute Gasteiger partial charge is 0.438 e. The first kappa shape index (κ1) is 18.9. The molecule has 158 valence electrons. The normalized spacial score (nSPS) is 18.1. The molecule has 0 bridgehead atoms. The van der Waals surface area contributed by atoms with E-state index in [1.807, 2.05) is 42.6 Å². The van der Waals surface area contributed by atoms with Crippen molar-refractivity contribution in [2.24, 2.45) is 0 Å². The van der Waals surface area contributed by atoms with Gasteiger partial charge in [-0.1, -0.05) is 30.3 Å². The summed E-state index contributed by atoms with van der Waals surface area (Å²) in [7, 11) is 0. The van der Waals surface area contributed by atoms with E-state index in [9.17, 15) is 8.78 Å². The van der Waals surface area contributed by atoms with Gasteiger partial charge in [-0.15, -0.1) is 0 Å². The summed E-state index contributed by atoms with van der Waals surface area (Å²) in [5.74, 6) is 0.373. The third-order valence-electron chi connectivity index (χ3n) is 5.92. The molecule has 1 aliphatic carbocycles. The van der Waals surface area contributed by atoms with Crippen LogP contribution in [-0.4, -0.2) is 25.9 Å². The Labute approximate surface area is 182 Å². The molecule has 6 rings (SSSR count). The van der Waals surface area contributed by atoms with Gasteiger partial charge in [0.15, 0.2) is 0 Å². The average Bonchev–Trinajstić information content (AvgIpc) is 3.43. The highest BCUT2D eigenvalue weighted by Gasteiger charge is 2.32. The van der Waals surface area contributed by atoms with Crippen molar-refractivity contribution in [2.75, 3.05) is 0 Å². The van der Waals surface area contributed by atoms with E-state index < -0.39 is 6.17 Å². The molecule has 0 radical (unpaired) electrons. The lowest BCUT2D eigenvalue weighted by Crippen LogP contribution is -2.28. The van der Waals surface area contributed by atoms with E-state index in [4.69, 9.17) is 9.52 Å². The molecular formula is C25H18F2N4O. The minimum absolute atomic E-state index is 0.000458. The molecule has 0 spiro atoms. The van der Waals surface area contributed by atoms with Crippen LogP contribution in [0.4, 0.5) is 8.78 Å². The molecule has 1 aliphatic rings. The van der Waals surface area contributed by atoms with E-state index >= 15 is 0 Å². The number of aromatic nitrogens is 4. The number of alkyl halides is 1. The summed E-state index contributed by atoms with van der Waals surface area (Å²) in [6.07, 6.45) is 3.43. The van der Waals surface area contributed by atoms with Gasteiger partial charge in [0.05, 0.1) is 17.1 Å². The topological polar surface area (TPSA) is 56.7 Å². The molecule has 0 atom stereocenters. The number of benzene rings is 2. The van der Waals surface area contributed by atoms with Gasteiger partial charge in [-0.2, -0.15) is 5.10 Å². The van der Waals surface area contributed by atoms with Crippen LogP contribution in [0.1, 0.15) is 18.9 Å². The molecule has 0 amide bonds. The monoisotopic (exact) mass is 428 g/mol. The van der Waals surface area contributed by atoms with E-state index in [0.717, 1.165) is 22.1 Å². The zero-order valence-electron chi connectivity index (χ0n) is 17.0. The maximum Gasteiger partial charge on any atom is 0.230 e. The summed E-state index contributed by atoms with van der Waals surface area (Å²) in [5, 5.41) is 5.51. The van der Waals surface area contributed by atoms with Gasteiger partial charge in [0.2, 0.25) is 5.71 Å². The van der Waals surface area contributed by atoms with Gasteiger partial charge in [0, 0.05) is 35.7 Å². The molecule has 1 saturated carbocycles. The molecule has 5 nitrogen and oxygen atoms in total. The van der Waals surface area contributed by atoms with Crippen molar-refractivity contribution in [1.82, 2.24) is 19.7 Å². The van der Waals surface area contributed by atoms with Crippen LogP contribution in [0.25, 0.3) is 44.9 Å². The molecule has 0 unspecified atom stereocenters. The van der Waals surface area contributed by atoms with E-state index in [-0.39, 0.29) is 11.9 Å². The van der Waals surface area contributed by atoms with Crippen molar-refractivity contribution >= 4 is 11.1 Å². The number of fused-ring (bicyclic) bond motifs is 1. The zero-order chi connectivity index (χ0) is 21.7. The van der Waals surface area contributed by atoms with Crippen LogP contribution in [0.15, 0.2) is 77.6 Å². The Morgan fingerprint density at radius 2 is 1.69 bits per heavy atom. The lowest BCUT2D eigenvalue weighted by molar-refractivity contribution is 0.128. The fourth-order valence-corrected chi connectivity index (χ4v) is 4.13. The highest BCUT2D eigenvalue weighted by Crippen LogP contribution is 2.40. The predicted octanol–water partition coefficient (Wildman–Crippen LogP) is 6.23. The Kier molecular flexibility index (Phi) is 4.35. The quantitative estimate of drug-likeness (QED) is 0.340. The summed E-state index contributed by atoms with van der Waals surface area (Å²) in [5.41, 5.74) is 4.27. The average molecular weight is 428 g/mol. The standard InChI is InChI=1S/C25H18F2N4O/c26-17-8-6-16(7-9-17)23-21(13-31(30-23)19-10-18(27)11-19)24-20-12-22(15-4-2-1-3-5-15)32-25(20)29-14-28-24/h1-9,12-14,18-19H,10-11H2/t18-,19+. The highest BCUT2D eigenvalue weighted by molar-refractivity contribution is 5.95. The summed E-state index contributed by atoms with van der Waals surface area (Å²) in [4.78, 5) is 8.85. The van der Waals surface area contributed by atoms with E-state index in [0.29, 0.717) is 35.7 Å². The van der Waals surface area contributed by atoms with Gasteiger partial charge in [-0.05, 0) is 30.3 Å². The fourth-order valence-electron chi connectivity index (χ4n) is 4.13. The molecule has 1 fully saturated rings. The minimum Gasteiger partial charge on any atom is -0.438 e. The number of hydrogen-bond acceptors (Lipinski definition) is 4. The van der Waals surface area contributed by atoms with E-state index in [2.05, 4.69) is 9.97 Å². The van der Waals surface area contributed by atoms with Crippen molar-refractivity contribution in [2.45, 2.75) is 25.1 Å². The van der Waals surface area contributed by atoms with Gasteiger partial charge in [0.1, 0.15) is 29.8 Å². The van der Waals surface area contributed by atoms with Crippen LogP contribution in [0.2, 0.25) is 0 Å². The molecule has 2 aromatic carbocycles. The van der Waals surface area contributed by atoms with Crippen LogP contribution in [0.3, 0.4) is 0 Å². The van der Waals surface area contributed by atoms with Gasteiger partial charge < -0.3 is 4.42 Å². The summed E-state index contributed by atoms with van der Waals surface area (Å²) < 4.78 is 34.8. The molecule has 32 heavy (non-hydrogen) atoms. The van der Waals surface area contributed by atoms with Crippen LogP contribution < -0.4 is 0 Å². The molecule has 5 aromatic rings. The Morgan fingerprint density at radius 1 is 0.906 bits per heavy atom. The van der Waals surface area contributed by atoms with Crippen LogP contribution in [0, 0.1) is 5.82 Å². The lowest BCUT2D eigenvalue weighted by atomic mass is 9.91. The molecule has 7 heteroatoms. The van der Waals surface area contributed by atoms with Crippen molar-refractivity contribution in [1.29, 1.82) is 0 Å². The molecule has 3 heterocycles.